The van der Waals surface area contributed by atoms with Gasteiger partial charge in [-0.2, -0.15) is 10.2 Å². The molecular formula is C16H10F4N4O2. The Labute approximate surface area is 144 Å². The van der Waals surface area contributed by atoms with Crippen LogP contribution in [0, 0.1) is 23.3 Å². The van der Waals surface area contributed by atoms with Gasteiger partial charge in [0.25, 0.3) is 0 Å². The van der Waals surface area contributed by atoms with Crippen LogP contribution >= 0.6 is 0 Å². The molecule has 2 aromatic carbocycles. The standard InChI is InChI=1S/C16H10F4N4O2/c17-11-3-1-9(13(19)5-11)7-21-23-15(25)16(26)24-22-8-10-2-4-12(18)6-14(10)20/h1-8H,(H,23,25)(H,24,26). The van der Waals surface area contributed by atoms with E-state index in [2.05, 4.69) is 10.2 Å². The zero-order valence-corrected chi connectivity index (χ0v) is 12.8. The summed E-state index contributed by atoms with van der Waals surface area (Å²) in [6.07, 6.45) is 1.74. The molecule has 0 radical (unpaired) electrons. The number of amides is 2. The van der Waals surface area contributed by atoms with Gasteiger partial charge in [-0.05, 0) is 24.3 Å². The Bertz CT molecular complexity index is 826. The third-order valence-electron chi connectivity index (χ3n) is 2.87. The van der Waals surface area contributed by atoms with E-state index in [4.69, 9.17) is 0 Å². The summed E-state index contributed by atoms with van der Waals surface area (Å²) in [5, 5.41) is 6.68. The van der Waals surface area contributed by atoms with Crippen LogP contribution in [0.25, 0.3) is 0 Å². The van der Waals surface area contributed by atoms with Crippen LogP contribution in [-0.2, 0) is 9.59 Å². The number of halogens is 4. The van der Waals surface area contributed by atoms with Gasteiger partial charge in [-0.1, -0.05) is 0 Å². The van der Waals surface area contributed by atoms with Crippen molar-refractivity contribution in [1.29, 1.82) is 0 Å². The Morgan fingerprint density at radius 2 is 1.12 bits per heavy atom. The molecule has 0 atom stereocenters. The zero-order valence-electron chi connectivity index (χ0n) is 12.8. The minimum atomic E-state index is -1.24. The molecule has 10 heteroatoms. The first-order valence-corrected chi connectivity index (χ1v) is 6.93. The molecule has 2 aromatic rings. The molecule has 0 spiro atoms. The zero-order chi connectivity index (χ0) is 19.1. The van der Waals surface area contributed by atoms with Gasteiger partial charge in [-0.15, -0.1) is 0 Å². The second-order valence-electron chi connectivity index (χ2n) is 4.73. The van der Waals surface area contributed by atoms with Crippen LogP contribution in [0.1, 0.15) is 11.1 Å². The maximum absolute atomic E-state index is 13.3. The monoisotopic (exact) mass is 366 g/mol. The van der Waals surface area contributed by atoms with Crippen LogP contribution in [-0.4, -0.2) is 24.2 Å². The highest BCUT2D eigenvalue weighted by Gasteiger charge is 2.11. The minimum Gasteiger partial charge on any atom is -0.262 e. The third kappa shape index (κ3) is 5.23. The van der Waals surface area contributed by atoms with Gasteiger partial charge in [0.1, 0.15) is 23.3 Å². The van der Waals surface area contributed by atoms with E-state index in [1.54, 1.807) is 10.9 Å². The lowest BCUT2D eigenvalue weighted by atomic mass is 10.2. The Kier molecular flexibility index (Phi) is 6.15. The van der Waals surface area contributed by atoms with Crippen LogP contribution in [0.5, 0.6) is 0 Å². The summed E-state index contributed by atoms with van der Waals surface area (Å²) in [6, 6.07) is 5.40. The molecule has 0 saturated carbocycles. The number of hydrogen-bond donors (Lipinski definition) is 2. The van der Waals surface area contributed by atoms with E-state index >= 15 is 0 Å². The van der Waals surface area contributed by atoms with Crippen molar-refractivity contribution in [3.63, 3.8) is 0 Å². The van der Waals surface area contributed by atoms with Crippen LogP contribution in [0.2, 0.25) is 0 Å². The summed E-state index contributed by atoms with van der Waals surface area (Å²) in [5.74, 6) is -5.84. The molecule has 2 rings (SSSR count). The largest absolute Gasteiger partial charge is 0.331 e. The molecule has 0 fully saturated rings. The molecule has 0 aliphatic rings. The molecule has 0 unspecified atom stereocenters. The van der Waals surface area contributed by atoms with Crippen molar-refractivity contribution in [2.24, 2.45) is 10.2 Å². The fourth-order valence-electron chi connectivity index (χ4n) is 1.63. The van der Waals surface area contributed by atoms with Crippen molar-refractivity contribution in [2.75, 3.05) is 0 Å². The van der Waals surface area contributed by atoms with Crippen molar-refractivity contribution in [3.05, 3.63) is 70.8 Å². The number of rotatable bonds is 4. The predicted octanol–water partition coefficient (Wildman–Crippen LogP) is 1.84. The smallest absolute Gasteiger partial charge is 0.262 e. The number of carbonyl (C=O) groups is 2. The van der Waals surface area contributed by atoms with Crippen molar-refractivity contribution < 1.29 is 27.2 Å². The maximum atomic E-state index is 13.3. The third-order valence-corrected chi connectivity index (χ3v) is 2.87. The Hall–Kier alpha value is -3.56. The second kappa shape index (κ2) is 8.51. The van der Waals surface area contributed by atoms with Gasteiger partial charge in [0, 0.05) is 23.3 Å². The van der Waals surface area contributed by atoms with Gasteiger partial charge in [0.05, 0.1) is 12.4 Å². The van der Waals surface area contributed by atoms with Gasteiger partial charge in [-0.3, -0.25) is 9.59 Å². The highest BCUT2D eigenvalue weighted by atomic mass is 19.1. The van der Waals surface area contributed by atoms with Crippen LogP contribution < -0.4 is 10.9 Å². The molecule has 6 nitrogen and oxygen atoms in total. The SMILES string of the molecule is O=C(NN=Cc1ccc(F)cc1F)C(=O)NN=Cc1ccc(F)cc1F. The molecule has 134 valence electrons. The van der Waals surface area contributed by atoms with E-state index in [1.165, 1.54) is 0 Å². The van der Waals surface area contributed by atoms with Crippen LogP contribution in [0.3, 0.4) is 0 Å². The first-order chi connectivity index (χ1) is 12.4. The first kappa shape index (κ1) is 18.8. The number of benzene rings is 2. The second-order valence-corrected chi connectivity index (χ2v) is 4.73. The summed E-state index contributed by atoms with van der Waals surface area (Å²) in [4.78, 5) is 22.9. The molecule has 2 N–H and O–H groups in total. The predicted molar refractivity (Wildman–Crippen MR) is 84.2 cm³/mol. The summed E-state index contributed by atoms with van der Waals surface area (Å²) in [5.41, 5.74) is 3.37. The summed E-state index contributed by atoms with van der Waals surface area (Å²) in [6.45, 7) is 0. The Balaban J connectivity index is 1.88. The highest BCUT2D eigenvalue weighted by Crippen LogP contribution is 2.07. The molecule has 0 saturated heterocycles. The van der Waals surface area contributed by atoms with Crippen molar-refractivity contribution in [3.8, 4) is 0 Å². The molecule has 2 amide bonds. The summed E-state index contributed by atoms with van der Waals surface area (Å²) < 4.78 is 52.1. The lowest BCUT2D eigenvalue weighted by Crippen LogP contribution is -2.35. The van der Waals surface area contributed by atoms with Gasteiger partial charge in [-0.25, -0.2) is 28.4 Å². The van der Waals surface area contributed by atoms with E-state index in [1.807, 2.05) is 0 Å². The fraction of sp³-hybridized carbons (Fsp3) is 0. The molecule has 0 aliphatic carbocycles. The molecule has 0 heterocycles. The average molecular weight is 366 g/mol. The van der Waals surface area contributed by atoms with Gasteiger partial charge < -0.3 is 0 Å². The number of hydrogen-bond acceptors (Lipinski definition) is 4. The van der Waals surface area contributed by atoms with Crippen molar-refractivity contribution in [1.82, 2.24) is 10.9 Å². The molecule has 0 bridgehead atoms. The summed E-state index contributed by atoms with van der Waals surface area (Å²) in [7, 11) is 0. The van der Waals surface area contributed by atoms with Crippen LogP contribution in [0.15, 0.2) is 46.6 Å². The summed E-state index contributed by atoms with van der Waals surface area (Å²) >= 11 is 0. The topological polar surface area (TPSA) is 82.9 Å². The van der Waals surface area contributed by atoms with E-state index < -0.39 is 35.1 Å². The van der Waals surface area contributed by atoms with Crippen molar-refractivity contribution in [2.45, 2.75) is 0 Å². The fourth-order valence-corrected chi connectivity index (χ4v) is 1.63. The Morgan fingerprint density at radius 1 is 0.731 bits per heavy atom. The number of nitrogens with one attached hydrogen (secondary N) is 2. The average Bonchev–Trinajstić information content (AvgIpc) is 2.58. The normalized spacial score (nSPS) is 11.1. The molecular weight excluding hydrogens is 356 g/mol. The van der Waals surface area contributed by atoms with E-state index in [-0.39, 0.29) is 11.1 Å². The molecule has 26 heavy (non-hydrogen) atoms. The van der Waals surface area contributed by atoms with E-state index in [9.17, 15) is 27.2 Å². The lowest BCUT2D eigenvalue weighted by Gasteiger charge is -1.99. The maximum Gasteiger partial charge on any atom is 0.331 e. The minimum absolute atomic E-state index is 0.114. The number of nitrogens with zero attached hydrogens (tertiary/aromatic N) is 2. The van der Waals surface area contributed by atoms with Crippen molar-refractivity contribution >= 4 is 24.2 Å². The first-order valence-electron chi connectivity index (χ1n) is 6.93. The van der Waals surface area contributed by atoms with E-state index in [0.29, 0.717) is 12.1 Å². The Morgan fingerprint density at radius 3 is 1.46 bits per heavy atom. The highest BCUT2D eigenvalue weighted by molar-refractivity contribution is 6.35. The van der Waals surface area contributed by atoms with E-state index in [0.717, 1.165) is 36.7 Å². The van der Waals surface area contributed by atoms with Crippen LogP contribution in [0.4, 0.5) is 17.6 Å². The molecule has 0 aromatic heterocycles. The quantitative estimate of drug-likeness (QED) is 0.375. The van der Waals surface area contributed by atoms with Gasteiger partial charge in [0.2, 0.25) is 0 Å². The lowest BCUT2D eigenvalue weighted by molar-refractivity contribution is -0.139. The van der Waals surface area contributed by atoms with Gasteiger partial charge in [0.15, 0.2) is 0 Å². The van der Waals surface area contributed by atoms with Gasteiger partial charge >= 0.3 is 11.8 Å². The number of carbonyl (C=O) groups excluding carboxylic acids is 2. The molecule has 0 aliphatic heterocycles. The number of hydrazone groups is 2.